The van der Waals surface area contributed by atoms with Crippen LogP contribution in [0.5, 0.6) is 0 Å². The molecule has 1 aromatic heterocycles. The highest BCUT2D eigenvalue weighted by Gasteiger charge is 2.24. The average molecular weight is 390 g/mol. The SMILES string of the molecule is Cc1cc2oc(=O)cc(CNc3ccccc3C(=O)NC3CC3)c2cc1C(C)C. The van der Waals surface area contributed by atoms with Crippen molar-refractivity contribution in [2.45, 2.75) is 52.1 Å². The molecule has 2 aromatic carbocycles. The third-order valence-electron chi connectivity index (χ3n) is 5.39. The Hall–Kier alpha value is -3.08. The molecule has 0 spiro atoms. The van der Waals surface area contributed by atoms with Crippen LogP contribution in [-0.4, -0.2) is 11.9 Å². The first-order chi connectivity index (χ1) is 13.9. The van der Waals surface area contributed by atoms with Crippen molar-refractivity contribution in [2.75, 3.05) is 5.32 Å². The van der Waals surface area contributed by atoms with Gasteiger partial charge in [-0.25, -0.2) is 4.79 Å². The number of fused-ring (bicyclic) bond motifs is 1. The summed E-state index contributed by atoms with van der Waals surface area (Å²) in [7, 11) is 0. The van der Waals surface area contributed by atoms with Crippen LogP contribution in [0.15, 0.2) is 51.7 Å². The largest absolute Gasteiger partial charge is 0.423 e. The highest BCUT2D eigenvalue weighted by Crippen LogP contribution is 2.28. The average Bonchev–Trinajstić information content (AvgIpc) is 3.49. The molecule has 3 aromatic rings. The highest BCUT2D eigenvalue weighted by molar-refractivity contribution is 6.00. The number of aryl methyl sites for hydroxylation is 1. The molecule has 1 aliphatic rings. The highest BCUT2D eigenvalue weighted by atomic mass is 16.4. The normalized spacial score (nSPS) is 13.7. The third kappa shape index (κ3) is 4.19. The lowest BCUT2D eigenvalue weighted by atomic mass is 9.95. The monoisotopic (exact) mass is 390 g/mol. The van der Waals surface area contributed by atoms with Gasteiger partial charge in [0.05, 0.1) is 5.56 Å². The van der Waals surface area contributed by atoms with Gasteiger partial charge in [0.15, 0.2) is 0 Å². The number of rotatable bonds is 6. The van der Waals surface area contributed by atoms with Crippen LogP contribution in [0.3, 0.4) is 0 Å². The zero-order valence-corrected chi connectivity index (χ0v) is 17.0. The van der Waals surface area contributed by atoms with Crippen LogP contribution >= 0.6 is 0 Å². The third-order valence-corrected chi connectivity index (χ3v) is 5.39. The second-order valence-corrected chi connectivity index (χ2v) is 8.10. The molecule has 0 atom stereocenters. The van der Waals surface area contributed by atoms with Crippen LogP contribution in [0, 0.1) is 6.92 Å². The Balaban J connectivity index is 1.66. The fourth-order valence-electron chi connectivity index (χ4n) is 3.68. The molecule has 0 bridgehead atoms. The van der Waals surface area contributed by atoms with Crippen molar-refractivity contribution >= 4 is 22.6 Å². The van der Waals surface area contributed by atoms with Gasteiger partial charge < -0.3 is 15.1 Å². The van der Waals surface area contributed by atoms with E-state index in [9.17, 15) is 9.59 Å². The maximum absolute atomic E-state index is 12.5. The Labute approximate surface area is 170 Å². The minimum Gasteiger partial charge on any atom is -0.423 e. The Morgan fingerprint density at radius 1 is 1.17 bits per heavy atom. The maximum Gasteiger partial charge on any atom is 0.336 e. The summed E-state index contributed by atoms with van der Waals surface area (Å²) in [6.45, 7) is 6.77. The number of para-hydroxylation sites is 1. The van der Waals surface area contributed by atoms with Crippen LogP contribution < -0.4 is 16.3 Å². The molecule has 1 saturated carbocycles. The van der Waals surface area contributed by atoms with Crippen LogP contribution in [0.1, 0.15) is 59.7 Å². The van der Waals surface area contributed by atoms with Crippen molar-refractivity contribution in [3.63, 3.8) is 0 Å². The van der Waals surface area contributed by atoms with Gasteiger partial charge in [-0.1, -0.05) is 26.0 Å². The number of hydrogen-bond acceptors (Lipinski definition) is 4. The lowest BCUT2D eigenvalue weighted by molar-refractivity contribution is 0.0952. The number of nitrogens with one attached hydrogen (secondary N) is 2. The van der Waals surface area contributed by atoms with Crippen molar-refractivity contribution in [1.82, 2.24) is 5.32 Å². The summed E-state index contributed by atoms with van der Waals surface area (Å²) in [5.41, 5.74) is 4.80. The maximum atomic E-state index is 12.5. The molecule has 1 heterocycles. The van der Waals surface area contributed by atoms with Crippen molar-refractivity contribution in [3.8, 4) is 0 Å². The van der Waals surface area contributed by atoms with Crippen molar-refractivity contribution in [3.05, 3.63) is 75.1 Å². The van der Waals surface area contributed by atoms with Gasteiger partial charge in [0.1, 0.15) is 5.58 Å². The molecule has 0 unspecified atom stereocenters. The number of benzene rings is 2. The second kappa shape index (κ2) is 7.74. The summed E-state index contributed by atoms with van der Waals surface area (Å²) in [5.74, 6) is 0.310. The van der Waals surface area contributed by atoms with E-state index in [-0.39, 0.29) is 11.5 Å². The van der Waals surface area contributed by atoms with Crippen molar-refractivity contribution in [2.24, 2.45) is 0 Å². The van der Waals surface area contributed by atoms with E-state index >= 15 is 0 Å². The summed E-state index contributed by atoms with van der Waals surface area (Å²) in [4.78, 5) is 24.6. The molecule has 0 aliphatic heterocycles. The molecule has 29 heavy (non-hydrogen) atoms. The van der Waals surface area contributed by atoms with E-state index in [0.717, 1.165) is 35.0 Å². The molecule has 0 saturated heterocycles. The number of hydrogen-bond donors (Lipinski definition) is 2. The topological polar surface area (TPSA) is 71.3 Å². The zero-order valence-electron chi connectivity index (χ0n) is 17.0. The zero-order chi connectivity index (χ0) is 20.5. The van der Waals surface area contributed by atoms with Gasteiger partial charge >= 0.3 is 5.63 Å². The molecular weight excluding hydrogens is 364 g/mol. The van der Waals surface area contributed by atoms with Crippen LogP contribution in [-0.2, 0) is 6.54 Å². The van der Waals surface area contributed by atoms with Gasteiger partial charge in [-0.2, -0.15) is 0 Å². The second-order valence-electron chi connectivity index (χ2n) is 8.10. The van der Waals surface area contributed by atoms with Gasteiger partial charge in [-0.3, -0.25) is 4.79 Å². The fourth-order valence-corrected chi connectivity index (χ4v) is 3.68. The predicted octanol–water partition coefficient (Wildman–Crippen LogP) is 4.73. The van der Waals surface area contributed by atoms with Gasteiger partial charge in [0.2, 0.25) is 0 Å². The molecule has 150 valence electrons. The first-order valence-electron chi connectivity index (χ1n) is 10.1. The fraction of sp³-hybridized carbons (Fsp3) is 0.333. The van der Waals surface area contributed by atoms with Gasteiger partial charge in [-0.05, 0) is 66.6 Å². The Morgan fingerprint density at radius 3 is 2.66 bits per heavy atom. The molecular formula is C24H26N2O3. The molecule has 5 nitrogen and oxygen atoms in total. The lowest BCUT2D eigenvalue weighted by Gasteiger charge is -2.15. The summed E-state index contributed by atoms with van der Waals surface area (Å²) >= 11 is 0. The van der Waals surface area contributed by atoms with E-state index in [1.165, 1.54) is 11.6 Å². The minimum absolute atomic E-state index is 0.0641. The number of carbonyl (C=O) groups excluding carboxylic acids is 1. The Bertz CT molecular complexity index is 1130. The van der Waals surface area contributed by atoms with Gasteiger partial charge in [0.25, 0.3) is 5.91 Å². The molecule has 2 N–H and O–H groups in total. The minimum atomic E-state index is -0.370. The molecule has 4 rings (SSSR count). The summed E-state index contributed by atoms with van der Waals surface area (Å²) in [6, 6.07) is 13.3. The van der Waals surface area contributed by atoms with Crippen molar-refractivity contribution in [1.29, 1.82) is 0 Å². The predicted molar refractivity (Wildman–Crippen MR) is 116 cm³/mol. The summed E-state index contributed by atoms with van der Waals surface area (Å²) in [6.07, 6.45) is 2.09. The molecule has 0 radical (unpaired) electrons. The van der Waals surface area contributed by atoms with E-state index in [1.807, 2.05) is 37.3 Å². The Morgan fingerprint density at radius 2 is 1.93 bits per heavy atom. The van der Waals surface area contributed by atoms with Gasteiger partial charge in [0, 0.05) is 29.7 Å². The number of amides is 1. The van der Waals surface area contributed by atoms with E-state index in [1.54, 1.807) is 0 Å². The standard InChI is InChI=1S/C24H26N2O3/c1-14(2)19-12-20-16(11-23(27)29-22(20)10-15(19)3)13-25-21-7-5-4-6-18(21)24(28)26-17-8-9-17/h4-7,10-12,14,17,25H,8-9,13H2,1-3H3,(H,26,28). The first kappa shape index (κ1) is 19.2. The Kier molecular flexibility index (Phi) is 5.14. The summed E-state index contributed by atoms with van der Waals surface area (Å²) in [5, 5.41) is 7.30. The van der Waals surface area contributed by atoms with E-state index < -0.39 is 0 Å². The van der Waals surface area contributed by atoms with Crippen LogP contribution in [0.4, 0.5) is 5.69 Å². The van der Waals surface area contributed by atoms with E-state index in [4.69, 9.17) is 4.42 Å². The molecule has 1 amide bonds. The smallest absolute Gasteiger partial charge is 0.336 e. The van der Waals surface area contributed by atoms with E-state index in [2.05, 4.69) is 30.5 Å². The number of carbonyl (C=O) groups is 1. The summed E-state index contributed by atoms with van der Waals surface area (Å²) < 4.78 is 5.44. The number of anilines is 1. The van der Waals surface area contributed by atoms with Crippen LogP contribution in [0.2, 0.25) is 0 Å². The van der Waals surface area contributed by atoms with Gasteiger partial charge in [-0.15, -0.1) is 0 Å². The molecule has 1 aliphatic carbocycles. The molecule has 1 fully saturated rings. The lowest BCUT2D eigenvalue weighted by Crippen LogP contribution is -2.26. The quantitative estimate of drug-likeness (QED) is 0.597. The molecule has 5 heteroatoms. The first-order valence-corrected chi connectivity index (χ1v) is 10.1. The van der Waals surface area contributed by atoms with Crippen LogP contribution in [0.25, 0.3) is 11.0 Å². The van der Waals surface area contributed by atoms with E-state index in [0.29, 0.717) is 29.7 Å². The van der Waals surface area contributed by atoms with Crippen molar-refractivity contribution < 1.29 is 9.21 Å².